The molecule has 0 amide bonds. The standard InChI is InChI=1S/C8H10ClNO/c1-2-8(11)7-4-3-6(9)5-10-7/h3-5,8,11H,2H2,1H3/t8-/m0/s1. The average Bonchev–Trinajstić information content (AvgIpc) is 2.05. The van der Waals surface area contributed by atoms with Crippen LogP contribution in [-0.4, -0.2) is 10.1 Å². The van der Waals surface area contributed by atoms with Crippen molar-refractivity contribution in [1.29, 1.82) is 0 Å². The molecule has 1 rings (SSSR count). The minimum atomic E-state index is -0.465. The Bertz CT molecular complexity index is 222. The summed E-state index contributed by atoms with van der Waals surface area (Å²) in [5.74, 6) is 0. The van der Waals surface area contributed by atoms with Gasteiger partial charge in [-0.1, -0.05) is 18.5 Å². The number of aliphatic hydroxyl groups is 1. The highest BCUT2D eigenvalue weighted by molar-refractivity contribution is 6.30. The summed E-state index contributed by atoms with van der Waals surface area (Å²) in [5, 5.41) is 9.91. The van der Waals surface area contributed by atoms with Crippen LogP contribution in [0, 0.1) is 0 Å². The van der Waals surface area contributed by atoms with Gasteiger partial charge < -0.3 is 5.11 Å². The van der Waals surface area contributed by atoms with Gasteiger partial charge in [-0.2, -0.15) is 0 Å². The molecule has 0 bridgehead atoms. The first kappa shape index (κ1) is 8.50. The van der Waals surface area contributed by atoms with E-state index in [4.69, 9.17) is 11.6 Å². The number of hydrogen-bond acceptors (Lipinski definition) is 2. The molecule has 1 atom stereocenters. The van der Waals surface area contributed by atoms with Gasteiger partial charge in [0.25, 0.3) is 0 Å². The molecule has 1 aromatic rings. The lowest BCUT2D eigenvalue weighted by Crippen LogP contribution is -1.97. The van der Waals surface area contributed by atoms with E-state index in [1.165, 1.54) is 6.20 Å². The molecule has 0 saturated heterocycles. The number of rotatable bonds is 2. The Kier molecular flexibility index (Phi) is 2.85. The van der Waals surface area contributed by atoms with Crippen molar-refractivity contribution in [1.82, 2.24) is 4.98 Å². The summed E-state index contributed by atoms with van der Waals surface area (Å²) < 4.78 is 0. The zero-order chi connectivity index (χ0) is 8.27. The van der Waals surface area contributed by atoms with Crippen molar-refractivity contribution in [3.05, 3.63) is 29.0 Å². The lowest BCUT2D eigenvalue weighted by molar-refractivity contribution is 0.169. The third-order valence-electron chi connectivity index (χ3n) is 1.48. The minimum Gasteiger partial charge on any atom is -0.387 e. The predicted octanol–water partition coefficient (Wildman–Crippen LogP) is 2.18. The highest BCUT2D eigenvalue weighted by Crippen LogP contribution is 2.14. The summed E-state index contributed by atoms with van der Waals surface area (Å²) in [5.41, 5.74) is 0.678. The van der Waals surface area contributed by atoms with Crippen LogP contribution in [0.3, 0.4) is 0 Å². The Hall–Kier alpha value is -0.600. The van der Waals surface area contributed by atoms with Gasteiger partial charge in [0.2, 0.25) is 0 Å². The molecule has 1 heterocycles. The van der Waals surface area contributed by atoms with Crippen LogP contribution in [0.1, 0.15) is 25.1 Å². The Balaban J connectivity index is 2.81. The number of nitrogens with zero attached hydrogens (tertiary/aromatic N) is 1. The maximum atomic E-state index is 9.31. The second-order valence-electron chi connectivity index (χ2n) is 2.33. The number of hydrogen-bond donors (Lipinski definition) is 1. The first-order chi connectivity index (χ1) is 5.24. The van der Waals surface area contributed by atoms with E-state index in [1.54, 1.807) is 12.1 Å². The minimum absolute atomic E-state index is 0.465. The van der Waals surface area contributed by atoms with Crippen LogP contribution in [0.15, 0.2) is 18.3 Å². The zero-order valence-corrected chi connectivity index (χ0v) is 7.04. The van der Waals surface area contributed by atoms with E-state index in [0.717, 1.165) is 0 Å². The lowest BCUT2D eigenvalue weighted by atomic mass is 10.2. The monoisotopic (exact) mass is 171 g/mol. The third kappa shape index (κ3) is 2.17. The van der Waals surface area contributed by atoms with E-state index in [1.807, 2.05) is 6.92 Å². The van der Waals surface area contributed by atoms with Crippen LogP contribution in [0.5, 0.6) is 0 Å². The largest absolute Gasteiger partial charge is 0.387 e. The van der Waals surface area contributed by atoms with Crippen LogP contribution in [0.2, 0.25) is 5.02 Å². The Morgan fingerprint density at radius 1 is 1.64 bits per heavy atom. The van der Waals surface area contributed by atoms with E-state index in [0.29, 0.717) is 17.1 Å². The van der Waals surface area contributed by atoms with Gasteiger partial charge in [-0.3, -0.25) is 4.98 Å². The van der Waals surface area contributed by atoms with Crippen LogP contribution in [0.4, 0.5) is 0 Å². The molecule has 60 valence electrons. The number of aliphatic hydroxyl groups excluding tert-OH is 1. The molecule has 3 heteroatoms. The molecule has 0 aliphatic rings. The summed E-state index contributed by atoms with van der Waals surface area (Å²) in [4.78, 5) is 3.97. The molecule has 0 aliphatic heterocycles. The maximum Gasteiger partial charge on any atom is 0.0957 e. The van der Waals surface area contributed by atoms with Gasteiger partial charge in [0.15, 0.2) is 0 Å². The molecule has 2 nitrogen and oxygen atoms in total. The van der Waals surface area contributed by atoms with Crippen molar-refractivity contribution >= 4 is 11.6 Å². The zero-order valence-electron chi connectivity index (χ0n) is 6.29. The molecule has 0 fully saturated rings. The van der Waals surface area contributed by atoms with Crippen LogP contribution >= 0.6 is 11.6 Å². The van der Waals surface area contributed by atoms with Gasteiger partial charge in [0.1, 0.15) is 0 Å². The van der Waals surface area contributed by atoms with Crippen molar-refractivity contribution in [2.45, 2.75) is 19.4 Å². The van der Waals surface area contributed by atoms with Gasteiger partial charge in [-0.25, -0.2) is 0 Å². The average molecular weight is 172 g/mol. The van der Waals surface area contributed by atoms with Crippen LogP contribution < -0.4 is 0 Å². The molecule has 11 heavy (non-hydrogen) atoms. The summed E-state index contributed by atoms with van der Waals surface area (Å²) in [7, 11) is 0. The quantitative estimate of drug-likeness (QED) is 0.740. The number of aromatic nitrogens is 1. The molecule has 0 aliphatic carbocycles. The summed E-state index contributed by atoms with van der Waals surface area (Å²) >= 11 is 5.62. The summed E-state index contributed by atoms with van der Waals surface area (Å²) in [6.07, 6.45) is 1.75. The Morgan fingerprint density at radius 2 is 2.36 bits per heavy atom. The maximum absolute atomic E-state index is 9.31. The molecule has 0 spiro atoms. The fraction of sp³-hybridized carbons (Fsp3) is 0.375. The van der Waals surface area contributed by atoms with E-state index < -0.39 is 6.10 Å². The smallest absolute Gasteiger partial charge is 0.0957 e. The molecule has 0 aromatic carbocycles. The SMILES string of the molecule is CC[C@H](O)c1ccc(Cl)cn1. The van der Waals surface area contributed by atoms with Crippen molar-refractivity contribution in [3.63, 3.8) is 0 Å². The lowest BCUT2D eigenvalue weighted by Gasteiger charge is -2.05. The highest BCUT2D eigenvalue weighted by atomic mass is 35.5. The van der Waals surface area contributed by atoms with Gasteiger partial charge in [0.05, 0.1) is 16.8 Å². The Labute approximate surface area is 70.8 Å². The van der Waals surface area contributed by atoms with E-state index in [2.05, 4.69) is 4.98 Å². The molecule has 0 radical (unpaired) electrons. The third-order valence-corrected chi connectivity index (χ3v) is 1.70. The number of halogens is 1. The molecule has 0 saturated carbocycles. The van der Waals surface area contributed by atoms with Crippen LogP contribution in [0.25, 0.3) is 0 Å². The van der Waals surface area contributed by atoms with Crippen molar-refractivity contribution in [3.8, 4) is 0 Å². The normalized spacial score (nSPS) is 13.0. The van der Waals surface area contributed by atoms with Crippen molar-refractivity contribution < 1.29 is 5.11 Å². The molecular formula is C8H10ClNO. The fourth-order valence-electron chi connectivity index (χ4n) is 0.794. The van der Waals surface area contributed by atoms with Gasteiger partial charge in [-0.15, -0.1) is 0 Å². The van der Waals surface area contributed by atoms with Gasteiger partial charge in [0, 0.05) is 6.20 Å². The van der Waals surface area contributed by atoms with E-state index >= 15 is 0 Å². The second kappa shape index (κ2) is 3.69. The summed E-state index contributed by atoms with van der Waals surface area (Å²) in [6.45, 7) is 1.90. The van der Waals surface area contributed by atoms with Crippen molar-refractivity contribution in [2.75, 3.05) is 0 Å². The molecule has 1 N–H and O–H groups in total. The van der Waals surface area contributed by atoms with E-state index in [9.17, 15) is 5.11 Å². The van der Waals surface area contributed by atoms with E-state index in [-0.39, 0.29) is 0 Å². The fourth-order valence-corrected chi connectivity index (χ4v) is 0.905. The topological polar surface area (TPSA) is 33.1 Å². The summed E-state index contributed by atoms with van der Waals surface area (Å²) in [6, 6.07) is 3.46. The molecule has 1 aromatic heterocycles. The Morgan fingerprint density at radius 3 is 2.82 bits per heavy atom. The number of pyridine rings is 1. The first-order valence-electron chi connectivity index (χ1n) is 3.53. The van der Waals surface area contributed by atoms with Gasteiger partial charge >= 0.3 is 0 Å². The van der Waals surface area contributed by atoms with Gasteiger partial charge in [-0.05, 0) is 18.6 Å². The second-order valence-corrected chi connectivity index (χ2v) is 2.76. The molecular weight excluding hydrogens is 162 g/mol. The molecule has 0 unspecified atom stereocenters. The van der Waals surface area contributed by atoms with Crippen molar-refractivity contribution in [2.24, 2.45) is 0 Å². The predicted molar refractivity (Wildman–Crippen MR) is 44.5 cm³/mol. The highest BCUT2D eigenvalue weighted by Gasteiger charge is 2.04. The van der Waals surface area contributed by atoms with Crippen LogP contribution in [-0.2, 0) is 0 Å². The first-order valence-corrected chi connectivity index (χ1v) is 3.91.